The van der Waals surface area contributed by atoms with E-state index in [1.807, 2.05) is 11.8 Å². The summed E-state index contributed by atoms with van der Waals surface area (Å²) in [5.41, 5.74) is 1.22. The van der Waals surface area contributed by atoms with Crippen molar-refractivity contribution in [3.8, 4) is 0 Å². The molecule has 2 atom stereocenters. The van der Waals surface area contributed by atoms with Crippen LogP contribution in [0.3, 0.4) is 0 Å². The molecule has 3 rings (SSSR count). The van der Waals surface area contributed by atoms with E-state index in [9.17, 15) is 13.2 Å². The maximum absolute atomic E-state index is 12.8. The van der Waals surface area contributed by atoms with E-state index in [4.69, 9.17) is 0 Å². The third kappa shape index (κ3) is 2.57. The lowest BCUT2D eigenvalue weighted by Crippen LogP contribution is -2.24. The fraction of sp³-hybridized carbons (Fsp3) is 0.571. The highest BCUT2D eigenvalue weighted by molar-refractivity contribution is 8.00. The van der Waals surface area contributed by atoms with E-state index >= 15 is 0 Å². The zero-order valence-electron chi connectivity index (χ0n) is 10.5. The first-order valence-corrected chi connectivity index (χ1v) is 7.67. The minimum absolute atomic E-state index is 0.269. The number of fused-ring (bicyclic) bond motifs is 1. The number of halogens is 3. The second kappa shape index (κ2) is 4.93. The summed E-state index contributed by atoms with van der Waals surface area (Å²) in [5, 5.41) is 3.71. The molecule has 19 heavy (non-hydrogen) atoms. The number of hydrogen-bond donors (Lipinski definition) is 1. The molecule has 0 spiro atoms. The summed E-state index contributed by atoms with van der Waals surface area (Å²) in [4.78, 5) is 0. The lowest BCUT2D eigenvalue weighted by atomic mass is 9.85. The molecule has 2 aliphatic rings. The van der Waals surface area contributed by atoms with Crippen molar-refractivity contribution < 1.29 is 13.2 Å². The van der Waals surface area contributed by atoms with Crippen LogP contribution in [0.5, 0.6) is 0 Å². The minimum atomic E-state index is -4.25. The Morgan fingerprint density at radius 1 is 1.21 bits per heavy atom. The van der Waals surface area contributed by atoms with Gasteiger partial charge in [-0.05, 0) is 54.7 Å². The summed E-state index contributed by atoms with van der Waals surface area (Å²) in [6.07, 6.45) is -0.996. The number of nitrogens with one attached hydrogen (secondary N) is 1. The topological polar surface area (TPSA) is 12.0 Å². The van der Waals surface area contributed by atoms with E-state index in [-0.39, 0.29) is 5.92 Å². The van der Waals surface area contributed by atoms with Gasteiger partial charge in [-0.1, -0.05) is 0 Å². The molecular weight excluding hydrogens is 271 g/mol. The summed E-state index contributed by atoms with van der Waals surface area (Å²) in [7, 11) is 0. The van der Waals surface area contributed by atoms with E-state index in [1.165, 1.54) is 18.6 Å². The predicted octanol–water partition coefficient (Wildman–Crippen LogP) is 4.50. The maximum Gasteiger partial charge on any atom is 0.416 e. The second-order valence-corrected chi connectivity index (χ2v) is 6.52. The summed E-state index contributed by atoms with van der Waals surface area (Å²) in [6, 6.07) is 4.12. The monoisotopic (exact) mass is 287 g/mol. The van der Waals surface area contributed by atoms with Crippen LogP contribution in [0.15, 0.2) is 18.2 Å². The fourth-order valence-electron chi connectivity index (χ4n) is 3.03. The summed E-state index contributed by atoms with van der Waals surface area (Å²) < 4.78 is 38.5. The molecule has 2 heterocycles. The highest BCUT2D eigenvalue weighted by Gasteiger charge is 2.35. The van der Waals surface area contributed by atoms with Crippen molar-refractivity contribution >= 4 is 17.4 Å². The zero-order valence-corrected chi connectivity index (χ0v) is 11.3. The van der Waals surface area contributed by atoms with Gasteiger partial charge in [-0.3, -0.25) is 0 Å². The molecular formula is C14H16F3NS. The molecule has 0 aromatic heterocycles. The Morgan fingerprint density at radius 3 is 2.74 bits per heavy atom. The van der Waals surface area contributed by atoms with E-state index in [0.717, 1.165) is 36.4 Å². The predicted molar refractivity (Wildman–Crippen MR) is 72.8 cm³/mol. The molecule has 2 unspecified atom stereocenters. The van der Waals surface area contributed by atoms with Crippen LogP contribution < -0.4 is 5.32 Å². The third-order valence-electron chi connectivity index (χ3n) is 3.96. The summed E-state index contributed by atoms with van der Waals surface area (Å²) in [6.45, 7) is 0.861. The summed E-state index contributed by atoms with van der Waals surface area (Å²) >= 11 is 1.92. The molecule has 1 aromatic rings. The van der Waals surface area contributed by atoms with E-state index in [0.29, 0.717) is 5.25 Å². The highest BCUT2D eigenvalue weighted by atomic mass is 32.2. The molecule has 1 fully saturated rings. The normalized spacial score (nSPS) is 26.9. The molecule has 0 aliphatic carbocycles. The van der Waals surface area contributed by atoms with Crippen LogP contribution >= 0.6 is 11.8 Å². The molecule has 0 saturated carbocycles. The van der Waals surface area contributed by atoms with Gasteiger partial charge >= 0.3 is 6.18 Å². The van der Waals surface area contributed by atoms with E-state index in [1.54, 1.807) is 6.07 Å². The van der Waals surface area contributed by atoms with Gasteiger partial charge in [0.25, 0.3) is 0 Å². The Kier molecular flexibility index (Phi) is 3.41. The van der Waals surface area contributed by atoms with Gasteiger partial charge in [0.2, 0.25) is 0 Å². The lowest BCUT2D eigenvalue weighted by Gasteiger charge is -2.31. The molecule has 1 aromatic carbocycles. The van der Waals surface area contributed by atoms with Crippen molar-refractivity contribution in [2.24, 2.45) is 0 Å². The third-order valence-corrected chi connectivity index (χ3v) is 5.48. The van der Waals surface area contributed by atoms with E-state index < -0.39 is 11.7 Å². The smallest absolute Gasteiger partial charge is 0.385 e. The average Bonchev–Trinajstić information content (AvgIpc) is 2.90. The molecule has 0 bridgehead atoms. The van der Waals surface area contributed by atoms with Gasteiger partial charge < -0.3 is 5.32 Å². The Labute approximate surface area is 115 Å². The number of hydrogen-bond acceptors (Lipinski definition) is 2. The molecule has 1 nitrogen and oxygen atoms in total. The molecule has 2 aliphatic heterocycles. The quantitative estimate of drug-likeness (QED) is 0.816. The Hall–Kier alpha value is -0.840. The van der Waals surface area contributed by atoms with Crippen LogP contribution in [0.1, 0.15) is 36.3 Å². The van der Waals surface area contributed by atoms with Crippen LogP contribution in [-0.4, -0.2) is 17.5 Å². The number of alkyl halides is 3. The number of benzene rings is 1. The number of rotatable bonds is 1. The SMILES string of the molecule is FC(F)(F)c1ccc2c(c1)C(C1CCCS1)CCN2. The van der Waals surface area contributed by atoms with Gasteiger partial charge in [0.1, 0.15) is 0 Å². The molecule has 0 amide bonds. The first kappa shape index (κ1) is 13.2. The van der Waals surface area contributed by atoms with Gasteiger partial charge in [0.15, 0.2) is 0 Å². The first-order valence-electron chi connectivity index (χ1n) is 6.62. The van der Waals surface area contributed by atoms with Crippen LogP contribution in [0, 0.1) is 0 Å². The lowest BCUT2D eigenvalue weighted by molar-refractivity contribution is -0.137. The van der Waals surface area contributed by atoms with Crippen molar-refractivity contribution in [3.63, 3.8) is 0 Å². The van der Waals surface area contributed by atoms with Crippen LogP contribution in [-0.2, 0) is 6.18 Å². The van der Waals surface area contributed by atoms with Crippen molar-refractivity contribution in [1.29, 1.82) is 0 Å². The van der Waals surface area contributed by atoms with Crippen molar-refractivity contribution in [2.45, 2.75) is 36.6 Å². The largest absolute Gasteiger partial charge is 0.416 e. The van der Waals surface area contributed by atoms with Gasteiger partial charge in [-0.15, -0.1) is 0 Å². The standard InChI is InChI=1S/C14H16F3NS/c15-14(16,17)9-3-4-12-11(8-9)10(5-6-18-12)13-2-1-7-19-13/h3-4,8,10,13,18H,1-2,5-7H2. The maximum atomic E-state index is 12.8. The fourth-order valence-corrected chi connectivity index (χ4v) is 4.52. The number of anilines is 1. The number of thioether (sulfide) groups is 1. The van der Waals surface area contributed by atoms with Gasteiger partial charge in [0.05, 0.1) is 5.56 Å². The molecule has 104 valence electrons. The van der Waals surface area contributed by atoms with Gasteiger partial charge in [-0.25, -0.2) is 0 Å². The molecule has 1 saturated heterocycles. The van der Waals surface area contributed by atoms with Crippen molar-refractivity contribution in [2.75, 3.05) is 17.6 Å². The van der Waals surface area contributed by atoms with Gasteiger partial charge in [-0.2, -0.15) is 24.9 Å². The Bertz CT molecular complexity index is 466. The average molecular weight is 287 g/mol. The van der Waals surface area contributed by atoms with Crippen LogP contribution in [0.2, 0.25) is 0 Å². The second-order valence-electron chi connectivity index (χ2n) is 5.17. The Morgan fingerprint density at radius 2 is 2.05 bits per heavy atom. The van der Waals surface area contributed by atoms with Crippen molar-refractivity contribution in [3.05, 3.63) is 29.3 Å². The Balaban J connectivity index is 1.97. The molecule has 1 N–H and O–H groups in total. The first-order chi connectivity index (χ1) is 9.05. The molecule has 0 radical (unpaired) electrons. The van der Waals surface area contributed by atoms with Crippen molar-refractivity contribution in [1.82, 2.24) is 0 Å². The van der Waals surface area contributed by atoms with Crippen LogP contribution in [0.25, 0.3) is 0 Å². The van der Waals surface area contributed by atoms with Gasteiger partial charge in [0, 0.05) is 17.5 Å². The summed E-state index contributed by atoms with van der Waals surface area (Å²) in [5.74, 6) is 1.41. The minimum Gasteiger partial charge on any atom is -0.385 e. The van der Waals surface area contributed by atoms with Crippen LogP contribution in [0.4, 0.5) is 18.9 Å². The van der Waals surface area contributed by atoms with E-state index in [2.05, 4.69) is 5.32 Å². The zero-order chi connectivity index (χ0) is 13.5. The molecule has 5 heteroatoms. The highest BCUT2D eigenvalue weighted by Crippen LogP contribution is 2.45.